The van der Waals surface area contributed by atoms with Gasteiger partial charge in [-0.05, 0) is 62.9 Å². The van der Waals surface area contributed by atoms with Crippen molar-refractivity contribution in [3.8, 4) is 11.3 Å². The fourth-order valence-corrected chi connectivity index (χ4v) is 3.99. The van der Waals surface area contributed by atoms with Crippen molar-refractivity contribution in [2.75, 3.05) is 23.3 Å². The van der Waals surface area contributed by atoms with E-state index in [9.17, 15) is 9.59 Å². The first-order valence-electron chi connectivity index (χ1n) is 10.8. The summed E-state index contributed by atoms with van der Waals surface area (Å²) in [5.74, 6) is -0.279. The van der Waals surface area contributed by atoms with E-state index in [-0.39, 0.29) is 18.0 Å². The van der Waals surface area contributed by atoms with Gasteiger partial charge in [-0.15, -0.1) is 0 Å². The largest absolute Gasteiger partial charge is 0.372 e. The minimum Gasteiger partial charge on any atom is -0.372 e. The fraction of sp³-hybridized carbons (Fsp3) is 0.320. The Morgan fingerprint density at radius 3 is 2.42 bits per heavy atom. The van der Waals surface area contributed by atoms with E-state index < -0.39 is 0 Å². The fourth-order valence-electron chi connectivity index (χ4n) is 3.99. The molecule has 0 saturated carbocycles. The quantitative estimate of drug-likeness (QED) is 0.678. The summed E-state index contributed by atoms with van der Waals surface area (Å²) >= 11 is 0. The molecule has 1 aliphatic heterocycles. The molecule has 6 heteroatoms. The molecule has 1 amide bonds. The van der Waals surface area contributed by atoms with E-state index >= 15 is 0 Å². The van der Waals surface area contributed by atoms with Gasteiger partial charge >= 0.3 is 0 Å². The molecule has 0 unspecified atom stereocenters. The lowest BCUT2D eigenvalue weighted by molar-refractivity contribution is -0.117. The number of piperidine rings is 1. The van der Waals surface area contributed by atoms with Crippen molar-refractivity contribution in [2.45, 2.75) is 39.7 Å². The Kier molecular flexibility index (Phi) is 6.16. The maximum absolute atomic E-state index is 12.5. The van der Waals surface area contributed by atoms with E-state index in [0.29, 0.717) is 5.69 Å². The van der Waals surface area contributed by atoms with E-state index in [4.69, 9.17) is 0 Å². The highest BCUT2D eigenvalue weighted by Crippen LogP contribution is 2.24. The molecule has 1 fully saturated rings. The number of benzene rings is 2. The molecule has 1 saturated heterocycles. The summed E-state index contributed by atoms with van der Waals surface area (Å²) < 4.78 is 1.22. The van der Waals surface area contributed by atoms with Crippen molar-refractivity contribution in [1.29, 1.82) is 0 Å². The molecule has 0 bridgehead atoms. The normalized spacial score (nSPS) is 13.8. The molecule has 160 valence electrons. The van der Waals surface area contributed by atoms with Gasteiger partial charge in [-0.1, -0.05) is 29.8 Å². The first-order valence-corrected chi connectivity index (χ1v) is 10.8. The Balaban J connectivity index is 1.49. The number of anilines is 2. The Hall–Kier alpha value is -3.41. The van der Waals surface area contributed by atoms with Crippen LogP contribution in [0.2, 0.25) is 0 Å². The topological polar surface area (TPSA) is 67.2 Å². The number of aromatic nitrogens is 2. The Morgan fingerprint density at radius 1 is 0.968 bits per heavy atom. The van der Waals surface area contributed by atoms with Gasteiger partial charge in [0.1, 0.15) is 6.54 Å². The summed E-state index contributed by atoms with van der Waals surface area (Å²) in [5.41, 5.74) is 5.36. The monoisotopic (exact) mass is 416 g/mol. The summed E-state index contributed by atoms with van der Waals surface area (Å²) in [4.78, 5) is 27.2. The Labute approximate surface area is 182 Å². The molecule has 1 N–H and O–H groups in total. The van der Waals surface area contributed by atoms with Crippen molar-refractivity contribution < 1.29 is 4.79 Å². The number of hydrogen-bond donors (Lipinski definition) is 1. The summed E-state index contributed by atoms with van der Waals surface area (Å²) in [6.45, 7) is 6.01. The minimum atomic E-state index is -0.301. The van der Waals surface area contributed by atoms with Gasteiger partial charge in [-0.3, -0.25) is 9.59 Å². The molecule has 0 spiro atoms. The Bertz CT molecular complexity index is 1130. The van der Waals surface area contributed by atoms with Gasteiger partial charge in [-0.25, -0.2) is 4.68 Å². The maximum atomic E-state index is 12.5. The molecular formula is C25H28N4O2. The van der Waals surface area contributed by atoms with Crippen LogP contribution in [0.15, 0.2) is 59.4 Å². The number of aryl methyl sites for hydroxylation is 2. The molecule has 3 aromatic rings. The van der Waals surface area contributed by atoms with Crippen LogP contribution >= 0.6 is 0 Å². The zero-order chi connectivity index (χ0) is 21.8. The number of amides is 1. The molecule has 2 heterocycles. The summed E-state index contributed by atoms with van der Waals surface area (Å²) in [7, 11) is 0. The van der Waals surface area contributed by atoms with Crippen LogP contribution < -0.4 is 15.8 Å². The van der Waals surface area contributed by atoms with E-state index in [1.807, 2.05) is 44.2 Å². The van der Waals surface area contributed by atoms with Crippen molar-refractivity contribution in [2.24, 2.45) is 0 Å². The van der Waals surface area contributed by atoms with Gasteiger partial charge in [0.25, 0.3) is 5.56 Å². The lowest BCUT2D eigenvalue weighted by atomic mass is 10.1. The summed E-state index contributed by atoms with van der Waals surface area (Å²) in [6.07, 6.45) is 3.77. The third-order valence-electron chi connectivity index (χ3n) is 5.70. The number of nitrogens with one attached hydrogen (secondary N) is 1. The SMILES string of the molecule is Cc1ccc(NC(=O)Cn2nc(-c3ccc(N4CCCCC4)cc3)ccc2=O)c(C)c1. The molecule has 0 radical (unpaired) electrons. The van der Waals surface area contributed by atoms with Crippen molar-refractivity contribution in [3.63, 3.8) is 0 Å². The van der Waals surface area contributed by atoms with Crippen LogP contribution in [-0.4, -0.2) is 28.8 Å². The zero-order valence-electron chi connectivity index (χ0n) is 18.1. The lowest BCUT2D eigenvalue weighted by Crippen LogP contribution is -2.29. The molecule has 6 nitrogen and oxygen atoms in total. The van der Waals surface area contributed by atoms with Crippen LogP contribution in [0.25, 0.3) is 11.3 Å². The van der Waals surface area contributed by atoms with Crippen molar-refractivity contribution in [3.05, 3.63) is 76.1 Å². The smallest absolute Gasteiger partial charge is 0.267 e. The van der Waals surface area contributed by atoms with Crippen LogP contribution in [0.4, 0.5) is 11.4 Å². The second kappa shape index (κ2) is 9.16. The number of carbonyl (C=O) groups is 1. The zero-order valence-corrected chi connectivity index (χ0v) is 18.1. The van der Waals surface area contributed by atoms with E-state index in [2.05, 4.69) is 27.4 Å². The third kappa shape index (κ3) is 5.02. The third-order valence-corrected chi connectivity index (χ3v) is 5.70. The van der Waals surface area contributed by atoms with Crippen LogP contribution in [0.5, 0.6) is 0 Å². The molecule has 0 aliphatic carbocycles. The standard InChI is InChI=1S/C25H28N4O2/c1-18-6-11-22(19(2)16-18)26-24(30)17-29-25(31)13-12-23(27-29)20-7-9-21(10-8-20)28-14-4-3-5-15-28/h6-13,16H,3-5,14-15,17H2,1-2H3,(H,26,30). The average molecular weight is 417 g/mol. The predicted molar refractivity (Wildman–Crippen MR) is 125 cm³/mol. The van der Waals surface area contributed by atoms with Crippen molar-refractivity contribution in [1.82, 2.24) is 9.78 Å². The average Bonchev–Trinajstić information content (AvgIpc) is 2.78. The van der Waals surface area contributed by atoms with Gasteiger partial charge in [0.15, 0.2) is 0 Å². The summed E-state index contributed by atoms with van der Waals surface area (Å²) in [5, 5.41) is 7.30. The second-order valence-electron chi connectivity index (χ2n) is 8.18. The highest BCUT2D eigenvalue weighted by atomic mass is 16.2. The second-order valence-corrected chi connectivity index (χ2v) is 8.18. The number of nitrogens with zero attached hydrogens (tertiary/aromatic N) is 3. The lowest BCUT2D eigenvalue weighted by Gasteiger charge is -2.28. The van der Waals surface area contributed by atoms with Crippen LogP contribution in [-0.2, 0) is 11.3 Å². The first-order chi connectivity index (χ1) is 15.0. The number of rotatable bonds is 5. The Morgan fingerprint density at radius 2 is 1.71 bits per heavy atom. The molecule has 4 rings (SSSR count). The van der Waals surface area contributed by atoms with Gasteiger partial charge in [0.2, 0.25) is 5.91 Å². The van der Waals surface area contributed by atoms with E-state index in [1.54, 1.807) is 6.07 Å². The molecule has 1 aliphatic rings. The van der Waals surface area contributed by atoms with Gasteiger partial charge in [0, 0.05) is 36.1 Å². The van der Waals surface area contributed by atoms with Crippen LogP contribution in [0, 0.1) is 13.8 Å². The van der Waals surface area contributed by atoms with Crippen LogP contribution in [0.3, 0.4) is 0 Å². The van der Waals surface area contributed by atoms with E-state index in [0.717, 1.165) is 35.5 Å². The highest BCUT2D eigenvalue weighted by Gasteiger charge is 2.12. The van der Waals surface area contributed by atoms with Crippen molar-refractivity contribution >= 4 is 17.3 Å². The van der Waals surface area contributed by atoms with Gasteiger partial charge in [0.05, 0.1) is 5.69 Å². The molecule has 2 aromatic carbocycles. The van der Waals surface area contributed by atoms with Crippen LogP contribution in [0.1, 0.15) is 30.4 Å². The first kappa shape index (κ1) is 20.8. The number of hydrogen-bond acceptors (Lipinski definition) is 4. The van der Waals surface area contributed by atoms with Gasteiger partial charge in [-0.2, -0.15) is 5.10 Å². The maximum Gasteiger partial charge on any atom is 0.267 e. The molecule has 1 aromatic heterocycles. The molecule has 31 heavy (non-hydrogen) atoms. The van der Waals surface area contributed by atoms with Gasteiger partial charge < -0.3 is 10.2 Å². The number of carbonyl (C=O) groups excluding carboxylic acids is 1. The molecular weight excluding hydrogens is 388 g/mol. The summed E-state index contributed by atoms with van der Waals surface area (Å²) in [6, 6.07) is 17.2. The minimum absolute atomic E-state index is 0.133. The highest BCUT2D eigenvalue weighted by molar-refractivity contribution is 5.91. The predicted octanol–water partition coefficient (Wildman–Crippen LogP) is 4.16. The van der Waals surface area contributed by atoms with E-state index in [1.165, 1.54) is 35.7 Å². The molecule has 0 atom stereocenters.